The molecule has 4 rings (SSSR count). The van der Waals surface area contributed by atoms with E-state index < -0.39 is 11.8 Å². The van der Waals surface area contributed by atoms with Crippen molar-refractivity contribution in [1.82, 2.24) is 4.90 Å². The van der Waals surface area contributed by atoms with Gasteiger partial charge in [-0.15, -0.1) is 0 Å². The Balaban J connectivity index is 1.46. The lowest BCUT2D eigenvalue weighted by Gasteiger charge is -2.32. The molecule has 214 valence electrons. The Morgan fingerprint density at radius 2 is 1.41 bits per heavy atom. The van der Waals surface area contributed by atoms with Crippen molar-refractivity contribution in [3.8, 4) is 17.6 Å². The first-order valence-electron chi connectivity index (χ1n) is 14.8. The van der Waals surface area contributed by atoms with Crippen molar-refractivity contribution in [2.24, 2.45) is 0 Å². The molecular formula is C36H41NO4. The maximum Gasteiger partial charge on any atom is 0.345 e. The van der Waals surface area contributed by atoms with Crippen molar-refractivity contribution in [3.63, 3.8) is 0 Å². The van der Waals surface area contributed by atoms with E-state index in [9.17, 15) is 9.59 Å². The smallest absolute Gasteiger partial charge is 0.345 e. The fraction of sp³-hybridized carbons (Fsp3) is 0.389. The molecule has 0 saturated heterocycles. The van der Waals surface area contributed by atoms with Crippen LogP contribution in [0.5, 0.6) is 5.75 Å². The van der Waals surface area contributed by atoms with Crippen molar-refractivity contribution < 1.29 is 19.1 Å². The van der Waals surface area contributed by atoms with Gasteiger partial charge in [-0.1, -0.05) is 69.6 Å². The zero-order valence-corrected chi connectivity index (χ0v) is 24.8. The lowest BCUT2D eigenvalue weighted by Crippen LogP contribution is -2.39. The van der Waals surface area contributed by atoms with Gasteiger partial charge < -0.3 is 14.4 Å². The van der Waals surface area contributed by atoms with E-state index in [0.717, 1.165) is 48.8 Å². The maximum atomic E-state index is 13.6. The molecule has 0 N–H and O–H groups in total. The quantitative estimate of drug-likeness (QED) is 0.138. The normalized spacial score (nSPS) is 13.3. The third-order valence-corrected chi connectivity index (χ3v) is 7.16. The molecule has 1 heterocycles. The zero-order valence-electron chi connectivity index (χ0n) is 24.8. The molecule has 0 saturated carbocycles. The molecule has 0 radical (unpaired) electrons. The Morgan fingerprint density at radius 3 is 2.07 bits per heavy atom. The van der Waals surface area contributed by atoms with Crippen LogP contribution in [0.3, 0.4) is 0 Å². The average molecular weight is 552 g/mol. The van der Waals surface area contributed by atoms with Gasteiger partial charge in [-0.2, -0.15) is 0 Å². The van der Waals surface area contributed by atoms with E-state index in [2.05, 4.69) is 50.0 Å². The van der Waals surface area contributed by atoms with Gasteiger partial charge >= 0.3 is 5.97 Å². The first-order chi connectivity index (χ1) is 19.8. The van der Waals surface area contributed by atoms with E-state index >= 15 is 0 Å². The molecule has 0 fully saturated rings. The molecular weight excluding hydrogens is 510 g/mol. The summed E-state index contributed by atoms with van der Waals surface area (Å²) in [4.78, 5) is 28.1. The lowest BCUT2D eigenvalue weighted by molar-refractivity contribution is -0.127. The highest BCUT2D eigenvalue weighted by Crippen LogP contribution is 2.32. The Hall–Kier alpha value is -4.04. The van der Waals surface area contributed by atoms with Crippen LogP contribution in [0.15, 0.2) is 66.7 Å². The maximum absolute atomic E-state index is 13.6. The second-order valence-electron chi connectivity index (χ2n) is 11.1. The molecule has 41 heavy (non-hydrogen) atoms. The predicted molar refractivity (Wildman–Crippen MR) is 163 cm³/mol. The van der Waals surface area contributed by atoms with Gasteiger partial charge in [0.1, 0.15) is 11.3 Å². The molecule has 1 amide bonds. The van der Waals surface area contributed by atoms with Gasteiger partial charge in [-0.05, 0) is 78.9 Å². The number of hydrogen-bond donors (Lipinski definition) is 0. The summed E-state index contributed by atoms with van der Waals surface area (Å²) >= 11 is 0. The van der Waals surface area contributed by atoms with Gasteiger partial charge in [-0.25, -0.2) is 4.79 Å². The molecule has 3 aromatic carbocycles. The van der Waals surface area contributed by atoms with Crippen molar-refractivity contribution in [1.29, 1.82) is 0 Å². The molecule has 0 atom stereocenters. The molecule has 1 aliphatic rings. The number of nitrogens with zero attached hydrogens (tertiary/aromatic N) is 1. The second-order valence-corrected chi connectivity index (χ2v) is 11.1. The summed E-state index contributed by atoms with van der Waals surface area (Å²) in [6.45, 7) is 8.83. The fourth-order valence-corrected chi connectivity index (χ4v) is 4.85. The van der Waals surface area contributed by atoms with Gasteiger partial charge in [-0.3, -0.25) is 4.79 Å². The highest BCUT2D eigenvalue weighted by Gasteiger charge is 2.34. The number of amides is 1. The molecule has 5 nitrogen and oxygen atoms in total. The number of fused-ring (bicyclic) bond motifs is 1. The Morgan fingerprint density at radius 1 is 0.780 bits per heavy atom. The molecule has 0 spiro atoms. The van der Waals surface area contributed by atoms with Crippen molar-refractivity contribution in [2.45, 2.75) is 85.0 Å². The number of ether oxygens (including phenoxy) is 2. The van der Waals surface area contributed by atoms with E-state index in [-0.39, 0.29) is 5.91 Å². The van der Waals surface area contributed by atoms with E-state index in [1.54, 1.807) is 26.0 Å². The molecule has 5 heteroatoms. The van der Waals surface area contributed by atoms with Crippen LogP contribution < -0.4 is 4.74 Å². The zero-order chi connectivity index (χ0) is 29.2. The third kappa shape index (κ3) is 8.47. The summed E-state index contributed by atoms with van der Waals surface area (Å²) in [7, 11) is 0. The molecule has 0 unspecified atom stereocenters. The summed E-state index contributed by atoms with van der Waals surface area (Å²) in [5.74, 6) is 5.49. The van der Waals surface area contributed by atoms with E-state index in [1.165, 1.54) is 18.4 Å². The van der Waals surface area contributed by atoms with Gasteiger partial charge in [0.2, 0.25) is 5.79 Å². The van der Waals surface area contributed by atoms with Crippen LogP contribution in [-0.4, -0.2) is 29.1 Å². The number of aryl methyl sites for hydroxylation is 1. The van der Waals surface area contributed by atoms with E-state index in [1.807, 2.05) is 35.2 Å². The minimum Gasteiger partial charge on any atom is -0.452 e. The summed E-state index contributed by atoms with van der Waals surface area (Å²) in [6.07, 6.45) is 7.73. The van der Waals surface area contributed by atoms with Gasteiger partial charge in [0.15, 0.2) is 0 Å². The summed E-state index contributed by atoms with van der Waals surface area (Å²) in [6, 6.07) is 21.4. The van der Waals surface area contributed by atoms with Crippen LogP contribution in [0, 0.1) is 11.8 Å². The van der Waals surface area contributed by atoms with Gasteiger partial charge in [0.05, 0.1) is 0 Å². The van der Waals surface area contributed by atoms with Crippen molar-refractivity contribution in [3.05, 3.63) is 100 Å². The molecule has 0 aromatic heterocycles. The highest BCUT2D eigenvalue weighted by atomic mass is 16.7. The van der Waals surface area contributed by atoms with Crippen LogP contribution in [0.25, 0.3) is 0 Å². The standard InChI is InChI=1S/C36H41NO4/c1-5-7-9-10-24-37(26-30-20-23-33-32(25-30)35(39)41-36(3,4)40-33)34(38)31-21-18-29(19-22-31)17-16-28-14-12-27(13-15-28)11-8-6-2/h12-15,18-23,25H,5-11,24,26H2,1-4H3. The summed E-state index contributed by atoms with van der Waals surface area (Å²) in [5, 5.41) is 0. The fourth-order valence-electron chi connectivity index (χ4n) is 4.85. The van der Waals surface area contributed by atoms with Gasteiger partial charge in [0, 0.05) is 43.6 Å². The average Bonchev–Trinajstić information content (AvgIpc) is 2.97. The Bertz CT molecular complexity index is 1390. The third-order valence-electron chi connectivity index (χ3n) is 7.16. The Labute approximate surface area is 244 Å². The number of rotatable bonds is 11. The van der Waals surface area contributed by atoms with Crippen LogP contribution in [-0.2, 0) is 17.7 Å². The Kier molecular flexibility index (Phi) is 10.2. The monoisotopic (exact) mass is 551 g/mol. The van der Waals surface area contributed by atoms with Crippen LogP contribution in [0.4, 0.5) is 0 Å². The van der Waals surface area contributed by atoms with E-state index in [4.69, 9.17) is 9.47 Å². The van der Waals surface area contributed by atoms with Crippen LogP contribution in [0.2, 0.25) is 0 Å². The largest absolute Gasteiger partial charge is 0.452 e. The first-order valence-corrected chi connectivity index (χ1v) is 14.8. The van der Waals surface area contributed by atoms with Gasteiger partial charge in [0.25, 0.3) is 5.91 Å². The summed E-state index contributed by atoms with van der Waals surface area (Å²) in [5.41, 5.74) is 5.05. The van der Waals surface area contributed by atoms with Crippen LogP contribution >= 0.6 is 0 Å². The number of carbonyl (C=O) groups excluding carboxylic acids is 2. The number of cyclic esters (lactones) is 1. The number of unbranched alkanes of at least 4 members (excludes halogenated alkanes) is 4. The number of esters is 1. The highest BCUT2D eigenvalue weighted by molar-refractivity contribution is 5.95. The minimum absolute atomic E-state index is 0.0404. The number of benzene rings is 3. The lowest BCUT2D eigenvalue weighted by atomic mass is 10.1. The molecule has 0 bridgehead atoms. The second kappa shape index (κ2) is 14.0. The van der Waals surface area contributed by atoms with Crippen molar-refractivity contribution in [2.75, 3.05) is 6.54 Å². The summed E-state index contributed by atoms with van der Waals surface area (Å²) < 4.78 is 11.2. The van der Waals surface area contributed by atoms with Crippen LogP contribution in [0.1, 0.15) is 109 Å². The molecule has 1 aliphatic heterocycles. The SMILES string of the molecule is CCCCCCN(Cc1ccc2c(c1)C(=O)OC(C)(C)O2)C(=O)c1ccc(C#Cc2ccc(CCCC)cc2)cc1. The van der Waals surface area contributed by atoms with E-state index in [0.29, 0.717) is 30.0 Å². The first kappa shape index (κ1) is 29.9. The number of carbonyl (C=O) groups is 2. The molecule has 0 aliphatic carbocycles. The minimum atomic E-state index is -0.998. The topological polar surface area (TPSA) is 55.8 Å². The molecule has 3 aromatic rings. The van der Waals surface area contributed by atoms with Crippen molar-refractivity contribution >= 4 is 11.9 Å². The predicted octanol–water partition coefficient (Wildman–Crippen LogP) is 7.94. The number of hydrogen-bond acceptors (Lipinski definition) is 4.